The predicted molar refractivity (Wildman–Crippen MR) is 61.0 cm³/mol. The Balaban J connectivity index is 2.43. The average Bonchev–Trinajstić information content (AvgIpc) is 2.15. The van der Waals surface area contributed by atoms with Crippen LogP contribution in [0, 0.1) is 6.92 Å². The van der Waals surface area contributed by atoms with E-state index in [0.717, 1.165) is 19.4 Å². The zero-order chi connectivity index (χ0) is 10.4. The molecule has 78 valence electrons. The Labute approximate surface area is 91.0 Å². The van der Waals surface area contributed by atoms with Gasteiger partial charge in [0.05, 0.1) is 0 Å². The molecule has 0 aliphatic heterocycles. The lowest BCUT2D eigenvalue weighted by Crippen LogP contribution is -2.06. The van der Waals surface area contributed by atoms with Gasteiger partial charge in [-0.25, -0.2) is 0 Å². The van der Waals surface area contributed by atoms with Crippen LogP contribution in [0.15, 0.2) is 24.3 Å². The van der Waals surface area contributed by atoms with Crippen LogP contribution in [0.3, 0.4) is 0 Å². The summed E-state index contributed by atoms with van der Waals surface area (Å²) in [4.78, 5) is 0. The lowest BCUT2D eigenvalue weighted by atomic mass is 10.1. The minimum Gasteiger partial charge on any atom is -0.385 e. The summed E-state index contributed by atoms with van der Waals surface area (Å²) in [6.45, 7) is 2.84. The normalized spacial score (nSPS) is 12.8. The van der Waals surface area contributed by atoms with E-state index < -0.39 is 0 Å². The first-order valence-electron chi connectivity index (χ1n) is 4.91. The van der Waals surface area contributed by atoms with Crippen LogP contribution in [0.4, 0.5) is 0 Å². The minimum absolute atomic E-state index is 0.178. The lowest BCUT2D eigenvalue weighted by molar-refractivity contribution is 0.194. The van der Waals surface area contributed by atoms with Crippen molar-refractivity contribution >= 4 is 11.6 Å². The van der Waals surface area contributed by atoms with Crippen LogP contribution < -0.4 is 0 Å². The zero-order valence-corrected chi connectivity index (χ0v) is 9.55. The summed E-state index contributed by atoms with van der Waals surface area (Å²) in [5.74, 6) is 0. The van der Waals surface area contributed by atoms with Gasteiger partial charge < -0.3 is 4.74 Å². The van der Waals surface area contributed by atoms with E-state index in [1.54, 1.807) is 7.11 Å². The second-order valence-corrected chi connectivity index (χ2v) is 4.19. The van der Waals surface area contributed by atoms with Crippen molar-refractivity contribution in [3.63, 3.8) is 0 Å². The summed E-state index contributed by atoms with van der Waals surface area (Å²) >= 11 is 6.17. The molecule has 14 heavy (non-hydrogen) atoms. The SMILES string of the molecule is COCCC(Cl)Cc1cccc(C)c1. The van der Waals surface area contributed by atoms with E-state index in [2.05, 4.69) is 31.2 Å². The molecule has 0 aliphatic carbocycles. The second kappa shape index (κ2) is 6.05. The van der Waals surface area contributed by atoms with Crippen molar-refractivity contribution in [3.8, 4) is 0 Å². The molecule has 1 aromatic carbocycles. The number of ether oxygens (including phenoxy) is 1. The van der Waals surface area contributed by atoms with E-state index >= 15 is 0 Å². The smallest absolute Gasteiger partial charge is 0.0476 e. The monoisotopic (exact) mass is 212 g/mol. The molecule has 0 N–H and O–H groups in total. The molecule has 2 heteroatoms. The van der Waals surface area contributed by atoms with Gasteiger partial charge in [-0.2, -0.15) is 0 Å². The third kappa shape index (κ3) is 4.12. The molecule has 0 radical (unpaired) electrons. The molecule has 1 nitrogen and oxygen atoms in total. The molecule has 0 fully saturated rings. The van der Waals surface area contributed by atoms with Gasteiger partial charge in [0.2, 0.25) is 0 Å². The van der Waals surface area contributed by atoms with Crippen molar-refractivity contribution in [3.05, 3.63) is 35.4 Å². The third-order valence-corrected chi connectivity index (χ3v) is 2.55. The topological polar surface area (TPSA) is 9.23 Å². The molecule has 1 rings (SSSR count). The Morgan fingerprint density at radius 3 is 2.86 bits per heavy atom. The molecule has 0 spiro atoms. The molecule has 0 heterocycles. The fourth-order valence-electron chi connectivity index (χ4n) is 1.44. The molecular weight excluding hydrogens is 196 g/mol. The fraction of sp³-hybridized carbons (Fsp3) is 0.500. The quantitative estimate of drug-likeness (QED) is 0.682. The van der Waals surface area contributed by atoms with Crippen LogP contribution in [0.1, 0.15) is 17.5 Å². The summed E-state index contributed by atoms with van der Waals surface area (Å²) in [5.41, 5.74) is 2.60. The molecule has 0 aliphatic rings. The van der Waals surface area contributed by atoms with Gasteiger partial charge in [-0.3, -0.25) is 0 Å². The summed E-state index contributed by atoms with van der Waals surface area (Å²) in [6, 6.07) is 8.48. The number of benzene rings is 1. The molecular formula is C12H17ClO. The lowest BCUT2D eigenvalue weighted by Gasteiger charge is -2.09. The van der Waals surface area contributed by atoms with Gasteiger partial charge >= 0.3 is 0 Å². The van der Waals surface area contributed by atoms with Crippen LogP contribution in [0.2, 0.25) is 0 Å². The van der Waals surface area contributed by atoms with Gasteiger partial charge in [-0.05, 0) is 25.3 Å². The van der Waals surface area contributed by atoms with E-state index in [9.17, 15) is 0 Å². The van der Waals surface area contributed by atoms with Crippen molar-refractivity contribution in [2.45, 2.75) is 25.1 Å². The first kappa shape index (κ1) is 11.5. The highest BCUT2D eigenvalue weighted by Crippen LogP contribution is 2.12. The van der Waals surface area contributed by atoms with Gasteiger partial charge in [-0.15, -0.1) is 11.6 Å². The minimum atomic E-state index is 0.178. The molecule has 0 saturated carbocycles. The van der Waals surface area contributed by atoms with Gasteiger partial charge in [0.15, 0.2) is 0 Å². The Morgan fingerprint density at radius 2 is 2.21 bits per heavy atom. The Bertz CT molecular complexity index is 273. The maximum absolute atomic E-state index is 6.17. The number of hydrogen-bond donors (Lipinski definition) is 0. The fourth-order valence-corrected chi connectivity index (χ4v) is 1.71. The van der Waals surface area contributed by atoms with E-state index in [0.29, 0.717) is 0 Å². The van der Waals surface area contributed by atoms with Gasteiger partial charge in [0.1, 0.15) is 0 Å². The number of aryl methyl sites for hydroxylation is 1. The van der Waals surface area contributed by atoms with Gasteiger partial charge in [0.25, 0.3) is 0 Å². The highest BCUT2D eigenvalue weighted by atomic mass is 35.5. The number of methoxy groups -OCH3 is 1. The molecule has 0 aromatic heterocycles. The van der Waals surface area contributed by atoms with Crippen LogP contribution in [0.5, 0.6) is 0 Å². The first-order valence-corrected chi connectivity index (χ1v) is 5.34. The standard InChI is InChI=1S/C12H17ClO/c1-10-4-3-5-11(8-10)9-12(13)6-7-14-2/h3-5,8,12H,6-7,9H2,1-2H3. The van der Waals surface area contributed by atoms with Crippen molar-refractivity contribution in [1.82, 2.24) is 0 Å². The average molecular weight is 213 g/mol. The molecule has 0 saturated heterocycles. The van der Waals surface area contributed by atoms with Crippen LogP contribution in [-0.4, -0.2) is 19.1 Å². The Kier molecular flexibility index (Phi) is 4.99. The Morgan fingerprint density at radius 1 is 1.43 bits per heavy atom. The zero-order valence-electron chi connectivity index (χ0n) is 8.79. The summed E-state index contributed by atoms with van der Waals surface area (Å²) in [6.07, 6.45) is 1.83. The van der Waals surface area contributed by atoms with Gasteiger partial charge in [-0.1, -0.05) is 29.8 Å². The van der Waals surface area contributed by atoms with Crippen LogP contribution >= 0.6 is 11.6 Å². The van der Waals surface area contributed by atoms with Crippen molar-refractivity contribution in [2.24, 2.45) is 0 Å². The number of hydrogen-bond acceptors (Lipinski definition) is 1. The number of rotatable bonds is 5. The molecule has 1 unspecified atom stereocenters. The van der Waals surface area contributed by atoms with Gasteiger partial charge in [0, 0.05) is 19.1 Å². The van der Waals surface area contributed by atoms with E-state index in [-0.39, 0.29) is 5.38 Å². The third-order valence-electron chi connectivity index (χ3n) is 2.17. The highest BCUT2D eigenvalue weighted by Gasteiger charge is 2.05. The number of halogens is 1. The highest BCUT2D eigenvalue weighted by molar-refractivity contribution is 6.20. The summed E-state index contributed by atoms with van der Waals surface area (Å²) in [7, 11) is 1.70. The summed E-state index contributed by atoms with van der Waals surface area (Å²) < 4.78 is 4.99. The second-order valence-electron chi connectivity index (χ2n) is 3.57. The maximum Gasteiger partial charge on any atom is 0.0476 e. The van der Waals surface area contributed by atoms with Crippen LogP contribution in [-0.2, 0) is 11.2 Å². The molecule has 0 amide bonds. The Hall–Kier alpha value is -0.530. The molecule has 1 aromatic rings. The maximum atomic E-state index is 6.17. The first-order chi connectivity index (χ1) is 6.72. The predicted octanol–water partition coefficient (Wildman–Crippen LogP) is 3.18. The molecule has 0 bridgehead atoms. The van der Waals surface area contributed by atoms with E-state index in [1.807, 2.05) is 0 Å². The van der Waals surface area contributed by atoms with Crippen molar-refractivity contribution < 1.29 is 4.74 Å². The van der Waals surface area contributed by atoms with E-state index in [4.69, 9.17) is 16.3 Å². The van der Waals surface area contributed by atoms with Crippen LogP contribution in [0.25, 0.3) is 0 Å². The van der Waals surface area contributed by atoms with Crippen molar-refractivity contribution in [1.29, 1.82) is 0 Å². The largest absolute Gasteiger partial charge is 0.385 e. The summed E-state index contributed by atoms with van der Waals surface area (Å²) in [5, 5.41) is 0.178. The number of alkyl halides is 1. The van der Waals surface area contributed by atoms with Crippen molar-refractivity contribution in [2.75, 3.05) is 13.7 Å². The molecule has 1 atom stereocenters. The van der Waals surface area contributed by atoms with E-state index in [1.165, 1.54) is 11.1 Å².